The molecule has 3 fully saturated rings. The smallest absolute Gasteiger partial charge is 0.235 e. The summed E-state index contributed by atoms with van der Waals surface area (Å²) >= 11 is 0. The van der Waals surface area contributed by atoms with Crippen molar-refractivity contribution < 1.29 is 14.7 Å². The number of carbonyl (C=O) groups is 2. The van der Waals surface area contributed by atoms with Crippen LogP contribution in [0.1, 0.15) is 35.6 Å². The first-order chi connectivity index (χ1) is 14.5. The molecule has 2 aromatic carbocycles. The first-order valence-corrected chi connectivity index (χ1v) is 10.3. The van der Waals surface area contributed by atoms with Crippen molar-refractivity contribution in [3.05, 3.63) is 65.2 Å². The molecule has 0 aromatic heterocycles. The van der Waals surface area contributed by atoms with E-state index >= 15 is 0 Å². The monoisotopic (exact) mass is 440 g/mol. The first kappa shape index (κ1) is 21.3. The number of hydrogen-bond donors (Lipinski definition) is 3. The van der Waals surface area contributed by atoms with Crippen LogP contribution in [-0.4, -0.2) is 45.1 Å². The van der Waals surface area contributed by atoms with Crippen LogP contribution in [0.25, 0.3) is 0 Å². The topological polar surface area (TPSA) is 111 Å². The van der Waals surface area contributed by atoms with Crippen LogP contribution in [0.2, 0.25) is 0 Å². The fraction of sp³-hybridized carbons (Fsp3) is 0.348. The fourth-order valence-corrected chi connectivity index (χ4v) is 5.46. The molecule has 0 bridgehead atoms. The van der Waals surface area contributed by atoms with Crippen LogP contribution in [0.3, 0.4) is 0 Å². The number of nitrogens with one attached hydrogen (secondary N) is 1. The molecule has 3 heterocycles. The SMILES string of the molecule is Cl.N=C(N)c1ccc([C@H]2[C@H]3C(=O)N(Cc4ccc(O)cc4)C(=O)[C@H]3[C@@H]3CCCN32)cc1. The van der Waals surface area contributed by atoms with Gasteiger partial charge in [-0.15, -0.1) is 12.4 Å². The van der Waals surface area contributed by atoms with Crippen LogP contribution < -0.4 is 5.73 Å². The number of aromatic hydroxyl groups is 1. The van der Waals surface area contributed by atoms with Crippen LogP contribution in [0.15, 0.2) is 48.5 Å². The Morgan fingerprint density at radius 2 is 1.68 bits per heavy atom. The molecule has 31 heavy (non-hydrogen) atoms. The molecule has 162 valence electrons. The number of nitrogen functional groups attached to an aromatic ring is 1. The van der Waals surface area contributed by atoms with Gasteiger partial charge < -0.3 is 10.8 Å². The minimum atomic E-state index is -0.386. The van der Waals surface area contributed by atoms with E-state index < -0.39 is 0 Å². The number of benzene rings is 2. The summed E-state index contributed by atoms with van der Waals surface area (Å²) in [6.45, 7) is 1.11. The first-order valence-electron chi connectivity index (χ1n) is 10.3. The van der Waals surface area contributed by atoms with Gasteiger partial charge in [0.2, 0.25) is 11.8 Å². The highest BCUT2D eigenvalue weighted by molar-refractivity contribution is 6.06. The molecule has 8 heteroatoms. The molecule has 0 aliphatic carbocycles. The number of hydrogen-bond acceptors (Lipinski definition) is 5. The third kappa shape index (κ3) is 3.38. The highest BCUT2D eigenvalue weighted by Crippen LogP contribution is 2.53. The van der Waals surface area contributed by atoms with Gasteiger partial charge in [-0.05, 0) is 42.6 Å². The molecular weight excluding hydrogens is 416 g/mol. The Bertz CT molecular complexity index is 1020. The molecule has 7 nitrogen and oxygen atoms in total. The van der Waals surface area contributed by atoms with Crippen LogP contribution in [0.5, 0.6) is 5.75 Å². The van der Waals surface area contributed by atoms with E-state index in [2.05, 4.69) is 4.90 Å². The predicted molar refractivity (Wildman–Crippen MR) is 118 cm³/mol. The maximum atomic E-state index is 13.4. The second-order valence-electron chi connectivity index (χ2n) is 8.41. The van der Waals surface area contributed by atoms with Gasteiger partial charge in [0.05, 0.1) is 18.4 Å². The minimum Gasteiger partial charge on any atom is -0.508 e. The van der Waals surface area contributed by atoms with Crippen LogP contribution in [0.4, 0.5) is 0 Å². The summed E-state index contributed by atoms with van der Waals surface area (Å²) in [7, 11) is 0. The summed E-state index contributed by atoms with van der Waals surface area (Å²) in [6.07, 6.45) is 1.95. The van der Waals surface area contributed by atoms with Crippen molar-refractivity contribution in [2.75, 3.05) is 6.54 Å². The Morgan fingerprint density at radius 3 is 2.32 bits per heavy atom. The van der Waals surface area contributed by atoms with Gasteiger partial charge in [-0.25, -0.2) is 0 Å². The van der Waals surface area contributed by atoms with Gasteiger partial charge in [0.1, 0.15) is 11.6 Å². The van der Waals surface area contributed by atoms with Crippen molar-refractivity contribution in [2.45, 2.75) is 31.5 Å². The van der Waals surface area contributed by atoms with Crippen molar-refractivity contribution in [2.24, 2.45) is 17.6 Å². The maximum Gasteiger partial charge on any atom is 0.235 e. The number of rotatable bonds is 4. The number of phenolic OH excluding ortho intramolecular Hbond substituents is 1. The molecule has 0 spiro atoms. The molecular formula is C23H25ClN4O3. The number of likely N-dealkylation sites (tertiary alicyclic amines) is 1. The Balaban J connectivity index is 0.00000231. The Morgan fingerprint density at radius 1 is 1.03 bits per heavy atom. The quantitative estimate of drug-likeness (QED) is 0.384. The van der Waals surface area contributed by atoms with E-state index in [4.69, 9.17) is 11.1 Å². The van der Waals surface area contributed by atoms with Crippen molar-refractivity contribution in [1.82, 2.24) is 9.80 Å². The molecule has 4 atom stereocenters. The number of halogens is 1. The number of amidine groups is 1. The van der Waals surface area contributed by atoms with Gasteiger partial charge in [-0.2, -0.15) is 0 Å². The Kier molecular flexibility index (Phi) is 5.49. The second kappa shape index (κ2) is 7.98. The van der Waals surface area contributed by atoms with E-state index in [-0.39, 0.29) is 66.3 Å². The number of fused-ring (bicyclic) bond motifs is 3. The lowest BCUT2D eigenvalue weighted by molar-refractivity contribution is -0.142. The zero-order valence-corrected chi connectivity index (χ0v) is 17.7. The standard InChI is InChI=1S/C23H24N4O3.ClH/c24-21(25)15-7-5-14(6-8-15)20-19-18(17-2-1-11-26(17)20)22(29)27(23(19)30)12-13-3-9-16(28)10-4-13;/h3-10,17-20,28H,1-2,11-12H2,(H3,24,25);1H/t17-,18-,19-,20-;/m0./s1. The summed E-state index contributed by atoms with van der Waals surface area (Å²) in [5.41, 5.74) is 8.04. The number of imide groups is 1. The largest absolute Gasteiger partial charge is 0.508 e. The van der Waals surface area contributed by atoms with Gasteiger partial charge in [-0.3, -0.25) is 24.8 Å². The Labute approximate surface area is 186 Å². The van der Waals surface area contributed by atoms with Crippen molar-refractivity contribution in [1.29, 1.82) is 5.41 Å². The third-order valence-corrected chi connectivity index (χ3v) is 6.78. The molecule has 4 N–H and O–H groups in total. The minimum absolute atomic E-state index is 0. The average Bonchev–Trinajstić information content (AvgIpc) is 3.38. The van der Waals surface area contributed by atoms with E-state index in [9.17, 15) is 14.7 Å². The number of carbonyl (C=O) groups excluding carboxylic acids is 2. The lowest BCUT2D eigenvalue weighted by Gasteiger charge is -2.29. The normalized spacial score (nSPS) is 27.2. The average molecular weight is 441 g/mol. The number of nitrogens with two attached hydrogens (primary N) is 1. The number of amides is 2. The molecule has 0 saturated carbocycles. The zero-order valence-electron chi connectivity index (χ0n) is 16.9. The molecule has 3 aliphatic heterocycles. The van der Waals surface area contributed by atoms with Gasteiger partial charge in [-0.1, -0.05) is 36.4 Å². The molecule has 3 aliphatic rings. The lowest BCUT2D eigenvalue weighted by atomic mass is 9.85. The lowest BCUT2D eigenvalue weighted by Crippen LogP contribution is -2.38. The van der Waals surface area contributed by atoms with Crippen molar-refractivity contribution in [3.63, 3.8) is 0 Å². The summed E-state index contributed by atoms with van der Waals surface area (Å²) in [5, 5.41) is 17.1. The number of phenols is 1. The van der Waals surface area contributed by atoms with Gasteiger partial charge in [0.25, 0.3) is 0 Å². The van der Waals surface area contributed by atoms with Gasteiger partial charge >= 0.3 is 0 Å². The Hall–Kier alpha value is -2.90. The zero-order chi connectivity index (χ0) is 21.0. The highest BCUT2D eigenvalue weighted by atomic mass is 35.5. The van der Waals surface area contributed by atoms with E-state index in [1.807, 2.05) is 24.3 Å². The second-order valence-corrected chi connectivity index (χ2v) is 8.41. The van der Waals surface area contributed by atoms with Crippen molar-refractivity contribution >= 4 is 30.1 Å². The fourth-order valence-electron chi connectivity index (χ4n) is 5.46. The molecule has 0 radical (unpaired) electrons. The predicted octanol–water partition coefficient (Wildman–Crippen LogP) is 2.42. The third-order valence-electron chi connectivity index (χ3n) is 6.78. The summed E-state index contributed by atoms with van der Waals surface area (Å²) < 4.78 is 0. The molecule has 0 unspecified atom stereocenters. The molecule has 5 rings (SSSR count). The molecule has 2 aromatic rings. The van der Waals surface area contributed by atoms with E-state index in [1.165, 1.54) is 4.90 Å². The summed E-state index contributed by atoms with van der Waals surface area (Å²) in [6, 6.07) is 14.1. The maximum absolute atomic E-state index is 13.4. The van der Waals surface area contributed by atoms with E-state index in [1.54, 1.807) is 24.3 Å². The van der Waals surface area contributed by atoms with E-state index in [0.29, 0.717) is 5.56 Å². The molecule has 3 saturated heterocycles. The van der Waals surface area contributed by atoms with E-state index in [0.717, 1.165) is 30.5 Å². The molecule has 2 amide bonds. The van der Waals surface area contributed by atoms with Gasteiger partial charge in [0.15, 0.2) is 0 Å². The summed E-state index contributed by atoms with van der Waals surface area (Å²) in [5.74, 6) is -0.730. The summed E-state index contributed by atoms with van der Waals surface area (Å²) in [4.78, 5) is 30.5. The highest BCUT2D eigenvalue weighted by Gasteiger charge is 2.62. The van der Waals surface area contributed by atoms with Gasteiger partial charge in [0, 0.05) is 17.6 Å². The van der Waals surface area contributed by atoms with Crippen LogP contribution in [-0.2, 0) is 16.1 Å². The van der Waals surface area contributed by atoms with Crippen LogP contribution >= 0.6 is 12.4 Å². The van der Waals surface area contributed by atoms with Crippen LogP contribution in [0, 0.1) is 17.2 Å². The van der Waals surface area contributed by atoms with Crippen molar-refractivity contribution in [3.8, 4) is 5.75 Å². The number of nitrogens with zero attached hydrogens (tertiary/aromatic N) is 2.